The van der Waals surface area contributed by atoms with Crippen LogP contribution in [0.15, 0.2) is 152 Å². The van der Waals surface area contributed by atoms with Crippen LogP contribution in [0.1, 0.15) is 146 Å². The molecule has 8 nitrogen and oxygen atoms in total. The van der Waals surface area contributed by atoms with Crippen LogP contribution >= 0.6 is 0 Å². The molecule has 0 bridgehead atoms. The number of carbonyl (C=O) groups excluding carboxylic acids is 2. The average Bonchev–Trinajstić information content (AvgIpc) is 3.38. The summed E-state index contributed by atoms with van der Waals surface area (Å²) in [5.41, 5.74) is 4.55. The normalized spacial score (nSPS) is 13.4. The first-order valence-corrected chi connectivity index (χ1v) is 33.9. The van der Waals surface area contributed by atoms with Gasteiger partial charge in [-0.25, -0.2) is 0 Å². The summed E-state index contributed by atoms with van der Waals surface area (Å²) < 4.78 is 33.3. The Bertz CT molecular complexity index is 2160. The average molecular weight is 1060 g/mol. The lowest BCUT2D eigenvalue weighted by Gasteiger charge is -2.42. The van der Waals surface area contributed by atoms with Crippen LogP contribution in [-0.4, -0.2) is 71.9 Å². The fourth-order valence-corrected chi connectivity index (χ4v) is 11.8. The molecule has 0 aromatic heterocycles. The summed E-state index contributed by atoms with van der Waals surface area (Å²) in [5, 5.41) is 0.0846. The van der Waals surface area contributed by atoms with Gasteiger partial charge in [-0.3, -0.25) is 14.5 Å². The van der Waals surface area contributed by atoms with Crippen molar-refractivity contribution < 1.29 is 32.7 Å². The van der Waals surface area contributed by atoms with Gasteiger partial charge in [0, 0.05) is 32.5 Å². The summed E-state index contributed by atoms with van der Waals surface area (Å²) in [4.78, 5) is 28.2. The van der Waals surface area contributed by atoms with Crippen LogP contribution in [0.2, 0.25) is 36.3 Å². The summed E-state index contributed by atoms with van der Waals surface area (Å²) in [6, 6.07) is 51.7. The Balaban J connectivity index is 1.34. The number of carbonyl (C=O) groups is 2. The minimum Gasteiger partial charge on any atom is -0.461 e. The third-order valence-corrected chi connectivity index (χ3v) is 24.6. The van der Waals surface area contributed by atoms with Gasteiger partial charge in [0.15, 0.2) is 16.6 Å². The minimum absolute atomic E-state index is 0.0180. The van der Waals surface area contributed by atoms with E-state index in [1.807, 2.05) is 60.7 Å². The third-order valence-electron chi connectivity index (χ3n) is 15.5. The summed E-state index contributed by atoms with van der Waals surface area (Å²) in [6.07, 6.45) is 9.84. The molecule has 0 saturated carbocycles. The zero-order chi connectivity index (χ0) is 54.2. The largest absolute Gasteiger partial charge is 0.461 e. The van der Waals surface area contributed by atoms with Crippen LogP contribution in [0.4, 0.5) is 0 Å². The molecule has 0 amide bonds. The number of unbranched alkanes of at least 4 members (excludes halogenated alkanes) is 5. The predicted molar refractivity (Wildman–Crippen MR) is 314 cm³/mol. The molecule has 0 aliphatic rings. The van der Waals surface area contributed by atoms with Crippen LogP contribution in [0.5, 0.6) is 0 Å². The molecule has 0 aliphatic carbocycles. The molecule has 408 valence electrons. The van der Waals surface area contributed by atoms with Gasteiger partial charge in [-0.05, 0) is 109 Å². The van der Waals surface area contributed by atoms with Crippen LogP contribution in [0.3, 0.4) is 0 Å². The highest BCUT2D eigenvalue weighted by atomic mass is 28.4. The maximum absolute atomic E-state index is 12.8. The lowest BCUT2D eigenvalue weighted by atomic mass is 9.80. The second-order valence-corrected chi connectivity index (χ2v) is 33.1. The first-order chi connectivity index (χ1) is 35.8. The molecule has 0 fully saturated rings. The molecule has 2 atom stereocenters. The van der Waals surface area contributed by atoms with Crippen molar-refractivity contribution >= 4 is 28.6 Å². The monoisotopic (exact) mass is 1060 g/mol. The lowest BCUT2D eigenvalue weighted by molar-refractivity contribution is -0.146. The van der Waals surface area contributed by atoms with Gasteiger partial charge in [0.1, 0.15) is 18.8 Å². The maximum atomic E-state index is 12.8. The van der Waals surface area contributed by atoms with Gasteiger partial charge < -0.3 is 23.1 Å². The van der Waals surface area contributed by atoms with Crippen molar-refractivity contribution in [3.63, 3.8) is 0 Å². The van der Waals surface area contributed by atoms with Gasteiger partial charge >= 0.3 is 11.9 Å². The van der Waals surface area contributed by atoms with Gasteiger partial charge in [0.25, 0.3) is 0 Å². The van der Waals surface area contributed by atoms with Crippen molar-refractivity contribution in [2.24, 2.45) is 0 Å². The number of hydrogen-bond donors (Lipinski definition) is 0. The van der Waals surface area contributed by atoms with Crippen LogP contribution in [0, 0.1) is 0 Å². The van der Waals surface area contributed by atoms with E-state index in [9.17, 15) is 9.59 Å². The summed E-state index contributed by atoms with van der Waals surface area (Å²) >= 11 is 0. The Morgan fingerprint density at radius 1 is 0.453 bits per heavy atom. The molecule has 0 saturated heterocycles. The van der Waals surface area contributed by atoms with E-state index >= 15 is 0 Å². The molecule has 0 heterocycles. The van der Waals surface area contributed by atoms with E-state index < -0.39 is 22.2 Å². The quantitative estimate of drug-likeness (QED) is 0.0178. The Hall–Kier alpha value is -4.69. The van der Waals surface area contributed by atoms with E-state index in [1.165, 1.54) is 0 Å². The number of esters is 2. The second kappa shape index (κ2) is 30.3. The van der Waals surface area contributed by atoms with Gasteiger partial charge in [-0.2, -0.15) is 0 Å². The number of hydrogen-bond acceptors (Lipinski definition) is 8. The van der Waals surface area contributed by atoms with Crippen molar-refractivity contribution in [3.8, 4) is 0 Å². The molecular weight excluding hydrogens is 963 g/mol. The molecule has 2 unspecified atom stereocenters. The molecule has 75 heavy (non-hydrogen) atoms. The van der Waals surface area contributed by atoms with Crippen molar-refractivity contribution in [2.75, 3.05) is 26.2 Å². The third kappa shape index (κ3) is 20.3. The van der Waals surface area contributed by atoms with Gasteiger partial charge in [-0.1, -0.05) is 219 Å². The summed E-state index contributed by atoms with van der Waals surface area (Å²) in [5.74, 6) is -0.292. The minimum atomic E-state index is -2.18. The van der Waals surface area contributed by atoms with Crippen molar-refractivity contribution in [3.05, 3.63) is 179 Å². The fraction of sp³-hybridized carbons (Fsp3) is 0.508. The summed E-state index contributed by atoms with van der Waals surface area (Å²) in [6.45, 7) is 27.0. The van der Waals surface area contributed by atoms with Crippen LogP contribution < -0.4 is 0 Å². The number of benzene rings is 5. The molecular formula is C65H93NO7Si2. The van der Waals surface area contributed by atoms with E-state index in [0.29, 0.717) is 32.7 Å². The number of nitrogens with zero attached hydrogens (tertiary/aromatic N) is 1. The molecule has 0 radical (unpaired) electrons. The fourth-order valence-electron chi connectivity index (χ4n) is 9.08. The maximum Gasteiger partial charge on any atom is 0.306 e. The molecule has 5 aromatic carbocycles. The standard InChI is InChI=1S/C65H93NO7Si2/c1-63(2,3)74(7,8)72-59(44-28-16-30-46-61(67)69-52-54-34-18-11-19-35-54)50-66(51-60(73-75(9,10)64(4,5)6)45-29-17-31-47-62(68)70-53-55-36-20-12-21-37-55)48-32-33-49-71-65(56-38-22-13-23-39-56,57-40-24-14-25-41-57)58-42-26-15-27-43-58/h11-15,18-27,34-43,59-60H,16-17,28-33,44-53H2,1-10H3. The highest BCUT2D eigenvalue weighted by Gasteiger charge is 2.42. The Morgan fingerprint density at radius 2 is 0.800 bits per heavy atom. The van der Waals surface area contributed by atoms with Crippen LogP contribution in [-0.2, 0) is 51.5 Å². The zero-order valence-corrected chi connectivity index (χ0v) is 49.6. The van der Waals surface area contributed by atoms with Gasteiger partial charge in [-0.15, -0.1) is 0 Å². The zero-order valence-electron chi connectivity index (χ0n) is 47.6. The topological polar surface area (TPSA) is 83.5 Å². The first kappa shape index (κ1) is 61.2. The van der Waals surface area contributed by atoms with Crippen LogP contribution in [0.25, 0.3) is 0 Å². The SMILES string of the molecule is CC(C)(C)[Si](C)(C)OC(CCCCCC(=O)OCc1ccccc1)CN(CCCCOC(c1ccccc1)(c1ccccc1)c1ccccc1)CC(CCCCCC(=O)OCc1ccccc1)O[Si](C)(C)C(C)(C)C. The van der Waals surface area contributed by atoms with E-state index in [2.05, 4.69) is 164 Å². The van der Waals surface area contributed by atoms with Crippen molar-refractivity contribution in [1.29, 1.82) is 0 Å². The van der Waals surface area contributed by atoms with Gasteiger partial charge in [0.2, 0.25) is 0 Å². The highest BCUT2D eigenvalue weighted by Crippen LogP contribution is 2.42. The molecule has 0 N–H and O–H groups in total. The second-order valence-electron chi connectivity index (χ2n) is 23.6. The summed E-state index contributed by atoms with van der Waals surface area (Å²) in [7, 11) is -4.35. The van der Waals surface area contributed by atoms with Crippen molar-refractivity contribution in [1.82, 2.24) is 4.90 Å². The molecule has 10 heteroatoms. The number of rotatable bonds is 33. The van der Waals surface area contributed by atoms with E-state index in [0.717, 1.165) is 112 Å². The first-order valence-electron chi connectivity index (χ1n) is 28.1. The lowest BCUT2D eigenvalue weighted by Crippen LogP contribution is -2.50. The molecule has 5 aromatic rings. The van der Waals surface area contributed by atoms with Crippen molar-refractivity contribution in [2.45, 2.75) is 186 Å². The number of ether oxygens (including phenoxy) is 3. The van der Waals surface area contributed by atoms with E-state index in [1.54, 1.807) is 0 Å². The highest BCUT2D eigenvalue weighted by molar-refractivity contribution is 6.74. The van der Waals surface area contributed by atoms with Gasteiger partial charge in [0.05, 0.1) is 12.2 Å². The Kier molecular flexibility index (Phi) is 24.7. The van der Waals surface area contributed by atoms with E-state index in [-0.39, 0.29) is 34.2 Å². The van der Waals surface area contributed by atoms with E-state index in [4.69, 9.17) is 23.1 Å². The smallest absolute Gasteiger partial charge is 0.306 e. The molecule has 0 spiro atoms. The molecule has 5 rings (SSSR count). The Labute approximate surface area is 455 Å². The Morgan fingerprint density at radius 3 is 1.15 bits per heavy atom. The molecule has 0 aliphatic heterocycles. The predicted octanol–water partition coefficient (Wildman–Crippen LogP) is 16.2.